The van der Waals surface area contributed by atoms with Crippen LogP contribution in [-0.2, 0) is 11.3 Å². The van der Waals surface area contributed by atoms with Crippen molar-refractivity contribution in [2.75, 3.05) is 20.2 Å². The lowest BCUT2D eigenvalue weighted by atomic mass is 10.1. The van der Waals surface area contributed by atoms with E-state index in [9.17, 15) is 4.39 Å². The van der Waals surface area contributed by atoms with Gasteiger partial charge in [0.25, 0.3) is 0 Å². The number of aromatic nitrogens is 1. The van der Waals surface area contributed by atoms with Crippen LogP contribution in [0, 0.1) is 5.82 Å². The lowest BCUT2D eigenvalue weighted by molar-refractivity contribution is -0.00271. The largest absolute Gasteiger partial charge is 0.377 e. The molecule has 1 atom stereocenters. The molecule has 0 bridgehead atoms. The van der Waals surface area contributed by atoms with E-state index >= 15 is 0 Å². The van der Waals surface area contributed by atoms with Gasteiger partial charge < -0.3 is 9.72 Å². The second kappa shape index (κ2) is 5.94. The average Bonchev–Trinajstić information content (AvgIpc) is 2.80. The van der Waals surface area contributed by atoms with E-state index in [1.165, 1.54) is 18.9 Å². The van der Waals surface area contributed by atoms with Crippen molar-refractivity contribution >= 4 is 10.9 Å². The van der Waals surface area contributed by atoms with E-state index in [1.807, 2.05) is 6.07 Å². The third-order valence-corrected chi connectivity index (χ3v) is 3.87. The van der Waals surface area contributed by atoms with Gasteiger partial charge in [0.15, 0.2) is 0 Å². The van der Waals surface area contributed by atoms with E-state index in [0.29, 0.717) is 6.10 Å². The first-order valence-electron chi connectivity index (χ1n) is 7.28. The number of rotatable bonds is 4. The molecule has 0 amide bonds. The number of likely N-dealkylation sites (N-methyl/N-ethyl adjacent to an activating group) is 1. The van der Waals surface area contributed by atoms with Crippen LogP contribution in [0.1, 0.15) is 25.0 Å². The predicted octanol–water partition coefficient (Wildman–Crippen LogP) is 3.31. The Morgan fingerprint density at radius 3 is 3.05 bits per heavy atom. The van der Waals surface area contributed by atoms with Gasteiger partial charge in [0.2, 0.25) is 0 Å². The molecule has 0 radical (unpaired) electrons. The molecule has 1 saturated heterocycles. The van der Waals surface area contributed by atoms with Crippen LogP contribution in [0.15, 0.2) is 24.3 Å². The number of hydrogen-bond acceptors (Lipinski definition) is 2. The van der Waals surface area contributed by atoms with E-state index in [4.69, 9.17) is 4.74 Å². The van der Waals surface area contributed by atoms with Crippen molar-refractivity contribution < 1.29 is 9.13 Å². The minimum absolute atomic E-state index is 0.188. The van der Waals surface area contributed by atoms with Crippen LogP contribution in [0.3, 0.4) is 0 Å². The zero-order valence-electron chi connectivity index (χ0n) is 11.9. The van der Waals surface area contributed by atoms with Crippen molar-refractivity contribution in [1.29, 1.82) is 0 Å². The Hall–Kier alpha value is -1.39. The molecule has 1 aliphatic heterocycles. The van der Waals surface area contributed by atoms with Crippen LogP contribution < -0.4 is 0 Å². The Kier molecular flexibility index (Phi) is 4.03. The molecule has 20 heavy (non-hydrogen) atoms. The predicted molar refractivity (Wildman–Crippen MR) is 78.2 cm³/mol. The Bertz CT molecular complexity index is 575. The van der Waals surface area contributed by atoms with Gasteiger partial charge in [0, 0.05) is 36.3 Å². The molecule has 1 aromatic carbocycles. The Labute approximate surface area is 118 Å². The highest BCUT2D eigenvalue weighted by Crippen LogP contribution is 2.18. The van der Waals surface area contributed by atoms with E-state index in [0.717, 1.165) is 42.7 Å². The fourth-order valence-electron chi connectivity index (χ4n) is 2.90. The fraction of sp³-hybridized carbons (Fsp3) is 0.500. The maximum atomic E-state index is 13.2. The van der Waals surface area contributed by atoms with Crippen LogP contribution in [0.2, 0.25) is 0 Å². The van der Waals surface area contributed by atoms with Gasteiger partial charge in [-0.2, -0.15) is 0 Å². The second-order valence-corrected chi connectivity index (χ2v) is 5.71. The molecular weight excluding hydrogens is 255 g/mol. The van der Waals surface area contributed by atoms with E-state index in [2.05, 4.69) is 16.9 Å². The molecule has 0 unspecified atom stereocenters. The third-order valence-electron chi connectivity index (χ3n) is 3.87. The standard InChI is InChI=1S/C16H21FN2O/c1-19(11-15-4-2-3-7-20-15)10-14-9-12-8-13(17)5-6-16(12)18-14/h5-6,8-9,15,18H,2-4,7,10-11H2,1H3/t15-/m1/s1. The highest BCUT2D eigenvalue weighted by atomic mass is 19.1. The van der Waals surface area contributed by atoms with E-state index in [-0.39, 0.29) is 5.82 Å². The monoisotopic (exact) mass is 276 g/mol. The summed E-state index contributed by atoms with van der Waals surface area (Å²) in [7, 11) is 2.10. The molecule has 3 nitrogen and oxygen atoms in total. The number of H-pyrrole nitrogens is 1. The number of benzene rings is 1. The van der Waals surface area contributed by atoms with Gasteiger partial charge in [-0.15, -0.1) is 0 Å². The topological polar surface area (TPSA) is 28.3 Å². The minimum atomic E-state index is -0.188. The number of halogens is 1. The molecule has 1 N–H and O–H groups in total. The van der Waals surface area contributed by atoms with Gasteiger partial charge >= 0.3 is 0 Å². The Balaban J connectivity index is 1.63. The molecular formula is C16H21FN2O. The summed E-state index contributed by atoms with van der Waals surface area (Å²) in [5.74, 6) is -0.188. The Morgan fingerprint density at radius 1 is 1.35 bits per heavy atom. The number of ether oxygens (including phenoxy) is 1. The molecule has 1 fully saturated rings. The van der Waals surface area contributed by atoms with Crippen molar-refractivity contribution in [1.82, 2.24) is 9.88 Å². The summed E-state index contributed by atoms with van der Waals surface area (Å²) in [6.07, 6.45) is 3.97. The van der Waals surface area contributed by atoms with Crippen molar-refractivity contribution in [3.8, 4) is 0 Å². The van der Waals surface area contributed by atoms with Crippen LogP contribution >= 0.6 is 0 Å². The number of hydrogen-bond donors (Lipinski definition) is 1. The van der Waals surface area contributed by atoms with Crippen molar-refractivity contribution in [3.05, 3.63) is 35.8 Å². The molecule has 1 aliphatic rings. The summed E-state index contributed by atoms with van der Waals surface area (Å²) in [5.41, 5.74) is 2.10. The van der Waals surface area contributed by atoms with Crippen LogP contribution in [0.4, 0.5) is 4.39 Å². The molecule has 0 spiro atoms. The quantitative estimate of drug-likeness (QED) is 0.928. The second-order valence-electron chi connectivity index (χ2n) is 5.71. The number of aromatic amines is 1. The van der Waals surface area contributed by atoms with Crippen molar-refractivity contribution in [2.45, 2.75) is 31.9 Å². The fourth-order valence-corrected chi connectivity index (χ4v) is 2.90. The molecule has 0 aliphatic carbocycles. The SMILES string of the molecule is CN(Cc1cc2cc(F)ccc2[nH]1)C[C@H]1CCCCO1. The van der Waals surface area contributed by atoms with Crippen molar-refractivity contribution in [3.63, 3.8) is 0 Å². The first-order chi connectivity index (χ1) is 9.70. The molecule has 2 heterocycles. The minimum Gasteiger partial charge on any atom is -0.377 e. The number of fused-ring (bicyclic) bond motifs is 1. The highest BCUT2D eigenvalue weighted by Gasteiger charge is 2.16. The molecule has 3 rings (SSSR count). The molecule has 0 saturated carbocycles. The lowest BCUT2D eigenvalue weighted by Crippen LogP contribution is -2.33. The Morgan fingerprint density at radius 2 is 2.25 bits per heavy atom. The first-order valence-corrected chi connectivity index (χ1v) is 7.28. The van der Waals surface area contributed by atoms with Gasteiger partial charge in [-0.05, 0) is 50.6 Å². The summed E-state index contributed by atoms with van der Waals surface area (Å²) in [6.45, 7) is 2.67. The van der Waals surface area contributed by atoms with Gasteiger partial charge in [0.1, 0.15) is 5.82 Å². The number of nitrogens with one attached hydrogen (secondary N) is 1. The first kappa shape index (κ1) is 13.6. The zero-order chi connectivity index (χ0) is 13.9. The molecule has 2 aromatic rings. The summed E-state index contributed by atoms with van der Waals surface area (Å²) in [5, 5.41) is 0.933. The van der Waals surface area contributed by atoms with Gasteiger partial charge in [-0.1, -0.05) is 0 Å². The molecule has 1 aromatic heterocycles. The van der Waals surface area contributed by atoms with Gasteiger partial charge in [0.05, 0.1) is 6.10 Å². The highest BCUT2D eigenvalue weighted by molar-refractivity contribution is 5.80. The summed E-state index contributed by atoms with van der Waals surface area (Å²) >= 11 is 0. The van der Waals surface area contributed by atoms with Gasteiger partial charge in [-0.3, -0.25) is 4.90 Å². The average molecular weight is 276 g/mol. The van der Waals surface area contributed by atoms with Crippen LogP contribution in [0.5, 0.6) is 0 Å². The lowest BCUT2D eigenvalue weighted by Gasteiger charge is -2.27. The van der Waals surface area contributed by atoms with Gasteiger partial charge in [-0.25, -0.2) is 4.39 Å². The van der Waals surface area contributed by atoms with Crippen molar-refractivity contribution in [2.24, 2.45) is 0 Å². The smallest absolute Gasteiger partial charge is 0.123 e. The maximum Gasteiger partial charge on any atom is 0.123 e. The summed E-state index contributed by atoms with van der Waals surface area (Å²) in [6, 6.07) is 6.87. The summed E-state index contributed by atoms with van der Waals surface area (Å²) < 4.78 is 18.9. The summed E-state index contributed by atoms with van der Waals surface area (Å²) in [4.78, 5) is 5.60. The van der Waals surface area contributed by atoms with E-state index in [1.54, 1.807) is 12.1 Å². The van der Waals surface area contributed by atoms with Crippen LogP contribution in [0.25, 0.3) is 10.9 Å². The van der Waals surface area contributed by atoms with E-state index < -0.39 is 0 Å². The number of nitrogens with zero attached hydrogens (tertiary/aromatic N) is 1. The molecule has 4 heteroatoms. The van der Waals surface area contributed by atoms with Crippen LogP contribution in [-0.4, -0.2) is 36.2 Å². The zero-order valence-corrected chi connectivity index (χ0v) is 11.9. The third kappa shape index (κ3) is 3.19. The molecule has 108 valence electrons. The maximum absolute atomic E-state index is 13.2. The normalized spacial score (nSPS) is 19.9.